The van der Waals surface area contributed by atoms with Crippen molar-refractivity contribution in [3.05, 3.63) is 10.3 Å². The first-order valence-electron chi connectivity index (χ1n) is 5.64. The molecule has 0 amide bonds. The molecule has 0 aromatic heterocycles. The summed E-state index contributed by atoms with van der Waals surface area (Å²) in [5, 5.41) is 2.35. The lowest BCUT2D eigenvalue weighted by atomic mass is 10.3. The van der Waals surface area contributed by atoms with Gasteiger partial charge < -0.3 is 0 Å². The molecule has 0 aromatic rings. The molecule has 0 spiro atoms. The van der Waals surface area contributed by atoms with Crippen molar-refractivity contribution in [2.45, 2.75) is 38.4 Å². The largest absolute Gasteiger partial charge is 0.299 e. The minimum Gasteiger partial charge on any atom is -0.299 e. The summed E-state index contributed by atoms with van der Waals surface area (Å²) in [5.41, 5.74) is 0. The second-order valence-corrected chi connectivity index (χ2v) is 7.63. The molecule has 3 heteroatoms. The predicted molar refractivity (Wildman–Crippen MR) is 74.6 cm³/mol. The Bertz CT molecular complexity index is 212. The highest BCUT2D eigenvalue weighted by Crippen LogP contribution is 2.28. The van der Waals surface area contributed by atoms with E-state index in [9.17, 15) is 0 Å². The van der Waals surface area contributed by atoms with Crippen molar-refractivity contribution >= 4 is 23.5 Å². The minimum atomic E-state index is 0.339. The number of likely N-dealkylation sites (tertiary alicyclic amines) is 1. The third-order valence-electron chi connectivity index (χ3n) is 2.38. The molecule has 1 rings (SSSR count). The molecule has 0 saturated carbocycles. The lowest BCUT2D eigenvalue weighted by Gasteiger charge is -2.18. The Labute approximate surface area is 103 Å². The molecule has 1 saturated heterocycles. The van der Waals surface area contributed by atoms with Gasteiger partial charge in [-0.05, 0) is 37.6 Å². The van der Waals surface area contributed by atoms with E-state index < -0.39 is 0 Å². The number of hydrogen-bond donors (Lipinski definition) is 0. The maximum atomic E-state index is 2.56. The highest BCUT2D eigenvalue weighted by atomic mass is 32.2. The summed E-state index contributed by atoms with van der Waals surface area (Å²) in [5.74, 6) is 0. The Morgan fingerprint density at radius 1 is 1.27 bits per heavy atom. The predicted octanol–water partition coefficient (Wildman–Crippen LogP) is 3.82. The third kappa shape index (κ3) is 5.88. The first-order valence-corrected chi connectivity index (χ1v) is 7.75. The molecule has 0 aromatic carbocycles. The molecule has 0 unspecified atom stereocenters. The molecule has 1 aliphatic heterocycles. The van der Waals surface area contributed by atoms with Crippen LogP contribution in [0.2, 0.25) is 0 Å². The quantitative estimate of drug-likeness (QED) is 0.741. The summed E-state index contributed by atoms with van der Waals surface area (Å²) in [6.45, 7) is 10.5. The van der Waals surface area contributed by atoms with E-state index in [4.69, 9.17) is 0 Å². The van der Waals surface area contributed by atoms with E-state index in [2.05, 4.69) is 37.3 Å². The minimum absolute atomic E-state index is 0.339. The molecule has 1 heterocycles. The van der Waals surface area contributed by atoms with Gasteiger partial charge in [-0.25, -0.2) is 0 Å². The average molecular weight is 245 g/mol. The van der Waals surface area contributed by atoms with Gasteiger partial charge in [0, 0.05) is 16.2 Å². The number of nitrogens with zero attached hydrogens (tertiary/aromatic N) is 1. The smallest absolute Gasteiger partial charge is 0.0298 e. The van der Waals surface area contributed by atoms with E-state index in [1.807, 2.05) is 23.5 Å². The van der Waals surface area contributed by atoms with Gasteiger partial charge in [0.2, 0.25) is 0 Å². The Morgan fingerprint density at radius 2 is 1.87 bits per heavy atom. The van der Waals surface area contributed by atoms with Crippen LogP contribution in [0.1, 0.15) is 33.6 Å². The number of thioether (sulfide) groups is 2. The van der Waals surface area contributed by atoms with E-state index in [0.29, 0.717) is 4.75 Å². The summed E-state index contributed by atoms with van der Waals surface area (Å²) in [7, 11) is 0. The molecule has 88 valence electrons. The van der Waals surface area contributed by atoms with Crippen LogP contribution < -0.4 is 0 Å². The molecule has 0 atom stereocenters. The summed E-state index contributed by atoms with van der Waals surface area (Å²) < 4.78 is 0.339. The van der Waals surface area contributed by atoms with Gasteiger partial charge in [0.05, 0.1) is 0 Å². The first-order chi connectivity index (χ1) is 7.01. The lowest BCUT2D eigenvalue weighted by molar-refractivity contribution is 0.375. The van der Waals surface area contributed by atoms with Crippen molar-refractivity contribution < 1.29 is 0 Å². The molecular formula is C12H23NS2. The Balaban J connectivity index is 2.40. The standard InChI is InChI=1S/C12H23NS2/c1-12(2,3)15-10-11(14-4)9-13-7-5-6-8-13/h10H,5-9H2,1-4H3/b11-10-. The van der Waals surface area contributed by atoms with Crippen LogP contribution in [0.25, 0.3) is 0 Å². The van der Waals surface area contributed by atoms with E-state index in [0.717, 1.165) is 6.54 Å². The summed E-state index contributed by atoms with van der Waals surface area (Å²) in [6, 6.07) is 0. The first kappa shape index (κ1) is 13.5. The summed E-state index contributed by atoms with van der Waals surface area (Å²) in [4.78, 5) is 4.07. The van der Waals surface area contributed by atoms with E-state index in [1.165, 1.54) is 30.8 Å². The third-order valence-corrected chi connectivity index (χ3v) is 4.41. The summed E-state index contributed by atoms with van der Waals surface area (Å²) >= 11 is 3.84. The maximum Gasteiger partial charge on any atom is 0.0298 e. The summed E-state index contributed by atoms with van der Waals surface area (Å²) in [6.07, 6.45) is 4.95. The van der Waals surface area contributed by atoms with Crippen LogP contribution in [0.5, 0.6) is 0 Å². The zero-order valence-electron chi connectivity index (χ0n) is 10.4. The molecule has 1 nitrogen and oxygen atoms in total. The Kier molecular flexibility index (Phi) is 5.58. The van der Waals surface area contributed by atoms with Gasteiger partial charge in [-0.15, -0.1) is 23.5 Å². The van der Waals surface area contributed by atoms with Crippen molar-refractivity contribution in [1.82, 2.24) is 4.90 Å². The van der Waals surface area contributed by atoms with Gasteiger partial charge in [-0.2, -0.15) is 0 Å². The normalized spacial score (nSPS) is 19.9. The fraction of sp³-hybridized carbons (Fsp3) is 0.833. The van der Waals surface area contributed by atoms with E-state index in [1.54, 1.807) is 0 Å². The van der Waals surface area contributed by atoms with Crippen molar-refractivity contribution in [2.75, 3.05) is 25.9 Å². The SMILES string of the molecule is CS/C(=C\SC(C)(C)C)CN1CCCC1. The second-order valence-electron chi connectivity index (χ2n) is 5.00. The molecular weight excluding hydrogens is 222 g/mol. The average Bonchev–Trinajstić information content (AvgIpc) is 2.63. The Hall–Kier alpha value is 0.400. The topological polar surface area (TPSA) is 3.24 Å². The van der Waals surface area contributed by atoms with Crippen LogP contribution in [-0.2, 0) is 0 Å². The molecule has 0 radical (unpaired) electrons. The van der Waals surface area contributed by atoms with Gasteiger partial charge in [0.15, 0.2) is 0 Å². The Morgan fingerprint density at radius 3 is 2.33 bits per heavy atom. The zero-order valence-corrected chi connectivity index (χ0v) is 12.0. The molecule has 15 heavy (non-hydrogen) atoms. The van der Waals surface area contributed by atoms with Crippen LogP contribution in [0, 0.1) is 0 Å². The monoisotopic (exact) mass is 245 g/mol. The fourth-order valence-corrected chi connectivity index (χ4v) is 2.95. The lowest BCUT2D eigenvalue weighted by Crippen LogP contribution is -2.21. The van der Waals surface area contributed by atoms with Gasteiger partial charge in [0.1, 0.15) is 0 Å². The van der Waals surface area contributed by atoms with Crippen LogP contribution in [0.15, 0.2) is 10.3 Å². The second kappa shape index (κ2) is 6.21. The van der Waals surface area contributed by atoms with Crippen molar-refractivity contribution in [2.24, 2.45) is 0 Å². The molecule has 0 N–H and O–H groups in total. The maximum absolute atomic E-state index is 2.56. The highest BCUT2D eigenvalue weighted by Gasteiger charge is 2.14. The highest BCUT2D eigenvalue weighted by molar-refractivity contribution is 8.06. The van der Waals surface area contributed by atoms with Gasteiger partial charge >= 0.3 is 0 Å². The van der Waals surface area contributed by atoms with Crippen LogP contribution in [-0.4, -0.2) is 35.5 Å². The van der Waals surface area contributed by atoms with E-state index >= 15 is 0 Å². The molecule has 1 aliphatic rings. The number of hydrogen-bond acceptors (Lipinski definition) is 3. The van der Waals surface area contributed by atoms with Gasteiger partial charge in [0.25, 0.3) is 0 Å². The van der Waals surface area contributed by atoms with Gasteiger partial charge in [-0.3, -0.25) is 4.90 Å². The van der Waals surface area contributed by atoms with Crippen molar-refractivity contribution in [3.63, 3.8) is 0 Å². The van der Waals surface area contributed by atoms with Crippen LogP contribution in [0.3, 0.4) is 0 Å². The molecule has 0 bridgehead atoms. The number of rotatable bonds is 4. The molecule has 1 fully saturated rings. The van der Waals surface area contributed by atoms with Crippen LogP contribution in [0.4, 0.5) is 0 Å². The van der Waals surface area contributed by atoms with Crippen molar-refractivity contribution in [1.29, 1.82) is 0 Å². The fourth-order valence-electron chi connectivity index (χ4n) is 1.55. The van der Waals surface area contributed by atoms with Crippen LogP contribution >= 0.6 is 23.5 Å². The van der Waals surface area contributed by atoms with Gasteiger partial charge in [-0.1, -0.05) is 20.8 Å². The van der Waals surface area contributed by atoms with E-state index in [-0.39, 0.29) is 0 Å². The van der Waals surface area contributed by atoms with Crippen molar-refractivity contribution in [3.8, 4) is 0 Å². The molecule has 0 aliphatic carbocycles. The zero-order chi connectivity index (χ0) is 11.3.